The lowest BCUT2D eigenvalue weighted by molar-refractivity contribution is -0.384. The summed E-state index contributed by atoms with van der Waals surface area (Å²) in [5.41, 5.74) is 5.01. The van der Waals surface area contributed by atoms with Gasteiger partial charge in [-0.05, 0) is 75.2 Å². The number of nitro groups is 1. The van der Waals surface area contributed by atoms with E-state index < -0.39 is 4.92 Å². The van der Waals surface area contributed by atoms with E-state index in [9.17, 15) is 14.9 Å². The smallest absolute Gasteiger partial charge is 0.269 e. The molecule has 0 saturated carbocycles. The van der Waals surface area contributed by atoms with Crippen LogP contribution in [0.2, 0.25) is 0 Å². The summed E-state index contributed by atoms with van der Waals surface area (Å²) < 4.78 is 1.75. The van der Waals surface area contributed by atoms with Crippen LogP contribution in [0.5, 0.6) is 0 Å². The fraction of sp³-hybridized carbons (Fsp3) is 0.304. The Hall–Kier alpha value is -3.52. The Morgan fingerprint density at radius 3 is 2.39 bits per heavy atom. The molecule has 2 N–H and O–H groups in total. The van der Waals surface area contributed by atoms with Gasteiger partial charge >= 0.3 is 0 Å². The van der Waals surface area contributed by atoms with Crippen molar-refractivity contribution >= 4 is 17.3 Å². The van der Waals surface area contributed by atoms with Crippen LogP contribution in [-0.2, 0) is 0 Å². The molecule has 0 unspecified atom stereocenters. The van der Waals surface area contributed by atoms with Crippen molar-refractivity contribution in [3.63, 3.8) is 0 Å². The van der Waals surface area contributed by atoms with Crippen molar-refractivity contribution in [2.24, 2.45) is 0 Å². The van der Waals surface area contributed by atoms with Gasteiger partial charge in [0.1, 0.15) is 0 Å². The van der Waals surface area contributed by atoms with E-state index in [-0.39, 0.29) is 17.5 Å². The van der Waals surface area contributed by atoms with Crippen LogP contribution in [0.25, 0.3) is 5.69 Å². The van der Waals surface area contributed by atoms with Crippen molar-refractivity contribution in [1.29, 1.82) is 0 Å². The number of amides is 1. The highest BCUT2D eigenvalue weighted by Crippen LogP contribution is 2.31. The summed E-state index contributed by atoms with van der Waals surface area (Å²) in [6, 6.07) is 12.2. The Labute approximate surface area is 180 Å². The number of anilines is 1. The number of carbonyl (C=O) groups is 1. The molecular weight excluding hydrogens is 394 g/mol. The predicted octanol–water partition coefficient (Wildman–Crippen LogP) is 4.12. The summed E-state index contributed by atoms with van der Waals surface area (Å²) in [7, 11) is 0. The average molecular weight is 419 g/mol. The summed E-state index contributed by atoms with van der Waals surface area (Å²) in [5.74, 6) is -0.0365. The molecule has 0 atom stereocenters. The molecule has 160 valence electrons. The average Bonchev–Trinajstić information content (AvgIpc) is 3.19. The molecule has 0 bridgehead atoms. The third-order valence-electron chi connectivity index (χ3n) is 5.56. The first-order valence-electron chi connectivity index (χ1n) is 10.4. The topological polar surface area (TPSA) is 102 Å². The number of nitrogens with one attached hydrogen (secondary N) is 2. The second-order valence-electron chi connectivity index (χ2n) is 7.98. The Morgan fingerprint density at radius 2 is 1.77 bits per heavy atom. The van der Waals surface area contributed by atoms with E-state index in [1.54, 1.807) is 23.0 Å². The van der Waals surface area contributed by atoms with Crippen molar-refractivity contribution in [2.45, 2.75) is 32.6 Å². The van der Waals surface area contributed by atoms with Gasteiger partial charge in [-0.15, -0.1) is 0 Å². The number of carbonyl (C=O) groups excluding carboxylic acids is 1. The summed E-state index contributed by atoms with van der Waals surface area (Å²) in [5, 5.41) is 21.9. The van der Waals surface area contributed by atoms with Gasteiger partial charge in [0.2, 0.25) is 0 Å². The molecule has 31 heavy (non-hydrogen) atoms. The highest BCUT2D eigenvalue weighted by Gasteiger charge is 2.27. The first kappa shape index (κ1) is 20.7. The third-order valence-corrected chi connectivity index (χ3v) is 5.56. The van der Waals surface area contributed by atoms with Gasteiger partial charge in [-0.3, -0.25) is 14.9 Å². The lowest BCUT2D eigenvalue weighted by Gasteiger charge is -2.24. The van der Waals surface area contributed by atoms with Crippen LogP contribution >= 0.6 is 0 Å². The molecule has 8 heteroatoms. The van der Waals surface area contributed by atoms with Crippen molar-refractivity contribution in [1.82, 2.24) is 15.1 Å². The molecule has 8 nitrogen and oxygen atoms in total. The van der Waals surface area contributed by atoms with E-state index in [1.165, 1.54) is 12.1 Å². The number of nitrogens with zero attached hydrogens (tertiary/aromatic N) is 3. The SMILES string of the molecule is Cc1cc(C)cc(NC(=O)c2cnn(-c3ccc([N+](=O)[O-])cc3)c2C2CCNCC2)c1. The van der Waals surface area contributed by atoms with Gasteiger partial charge in [0, 0.05) is 23.7 Å². The largest absolute Gasteiger partial charge is 0.322 e. The number of aromatic nitrogens is 2. The molecule has 1 aromatic heterocycles. The number of piperidine rings is 1. The van der Waals surface area contributed by atoms with Gasteiger partial charge in [-0.2, -0.15) is 5.10 Å². The summed E-state index contributed by atoms with van der Waals surface area (Å²) in [4.78, 5) is 23.8. The predicted molar refractivity (Wildman–Crippen MR) is 119 cm³/mol. The highest BCUT2D eigenvalue weighted by molar-refractivity contribution is 6.05. The molecule has 2 heterocycles. The van der Waals surface area contributed by atoms with E-state index in [0.717, 1.165) is 48.4 Å². The van der Waals surface area contributed by atoms with Gasteiger partial charge in [0.05, 0.1) is 28.1 Å². The van der Waals surface area contributed by atoms with Gasteiger partial charge in [-0.1, -0.05) is 6.07 Å². The Bertz CT molecular complexity index is 1090. The van der Waals surface area contributed by atoms with E-state index in [2.05, 4.69) is 21.8 Å². The molecule has 1 aliphatic rings. The molecule has 0 radical (unpaired) electrons. The van der Waals surface area contributed by atoms with Crippen molar-refractivity contribution in [3.05, 3.63) is 81.2 Å². The molecular formula is C23H25N5O3. The van der Waals surface area contributed by atoms with E-state index in [4.69, 9.17) is 0 Å². The molecule has 0 aliphatic carbocycles. The zero-order chi connectivity index (χ0) is 22.0. The molecule has 0 spiro atoms. The highest BCUT2D eigenvalue weighted by atomic mass is 16.6. The Morgan fingerprint density at radius 1 is 1.13 bits per heavy atom. The first-order chi connectivity index (χ1) is 14.9. The molecule has 4 rings (SSSR count). The maximum absolute atomic E-state index is 13.2. The van der Waals surface area contributed by atoms with Gasteiger partial charge < -0.3 is 10.6 Å². The lowest BCUT2D eigenvalue weighted by Crippen LogP contribution is -2.29. The Kier molecular flexibility index (Phi) is 5.81. The summed E-state index contributed by atoms with van der Waals surface area (Å²) >= 11 is 0. The van der Waals surface area contributed by atoms with Crippen LogP contribution in [0.3, 0.4) is 0 Å². The standard InChI is InChI=1S/C23H25N5O3/c1-15-11-16(2)13-18(12-15)26-23(29)21-14-25-27(22(21)17-7-9-24-10-8-17)19-3-5-20(6-4-19)28(30)31/h3-6,11-14,17,24H,7-10H2,1-2H3,(H,26,29). The van der Waals surface area contributed by atoms with E-state index >= 15 is 0 Å². The zero-order valence-corrected chi connectivity index (χ0v) is 17.6. The summed E-state index contributed by atoms with van der Waals surface area (Å²) in [6.45, 7) is 5.73. The lowest BCUT2D eigenvalue weighted by atomic mass is 9.91. The maximum atomic E-state index is 13.2. The minimum Gasteiger partial charge on any atom is -0.322 e. The van der Waals surface area contributed by atoms with E-state index in [0.29, 0.717) is 11.3 Å². The summed E-state index contributed by atoms with van der Waals surface area (Å²) in [6.07, 6.45) is 3.38. The number of non-ortho nitro benzene ring substituents is 1. The number of aryl methyl sites for hydroxylation is 2. The molecule has 1 amide bonds. The van der Waals surface area contributed by atoms with Crippen LogP contribution < -0.4 is 10.6 Å². The van der Waals surface area contributed by atoms with Crippen LogP contribution in [0, 0.1) is 24.0 Å². The van der Waals surface area contributed by atoms with Gasteiger partial charge in [-0.25, -0.2) is 4.68 Å². The number of nitro benzene ring substituents is 1. The van der Waals surface area contributed by atoms with Crippen molar-refractivity contribution < 1.29 is 9.72 Å². The zero-order valence-electron chi connectivity index (χ0n) is 17.6. The number of hydrogen-bond acceptors (Lipinski definition) is 5. The van der Waals surface area contributed by atoms with Gasteiger partial charge in [0.25, 0.3) is 11.6 Å². The molecule has 2 aromatic carbocycles. The van der Waals surface area contributed by atoms with Crippen molar-refractivity contribution in [3.8, 4) is 5.69 Å². The third kappa shape index (κ3) is 4.49. The fourth-order valence-corrected chi connectivity index (χ4v) is 4.19. The minimum atomic E-state index is -0.427. The number of benzene rings is 2. The van der Waals surface area contributed by atoms with Gasteiger partial charge in [0.15, 0.2) is 0 Å². The molecule has 1 saturated heterocycles. The number of hydrogen-bond donors (Lipinski definition) is 2. The Balaban J connectivity index is 1.71. The maximum Gasteiger partial charge on any atom is 0.269 e. The van der Waals surface area contributed by atoms with Crippen LogP contribution in [0.1, 0.15) is 45.9 Å². The second kappa shape index (κ2) is 8.69. The monoisotopic (exact) mass is 419 g/mol. The first-order valence-corrected chi connectivity index (χ1v) is 10.4. The quantitative estimate of drug-likeness (QED) is 0.478. The van der Waals surface area contributed by atoms with Crippen LogP contribution in [0.4, 0.5) is 11.4 Å². The minimum absolute atomic E-state index is 0.0205. The molecule has 3 aromatic rings. The van der Waals surface area contributed by atoms with E-state index in [1.807, 2.05) is 26.0 Å². The second-order valence-corrected chi connectivity index (χ2v) is 7.98. The fourth-order valence-electron chi connectivity index (χ4n) is 4.19. The normalized spacial score (nSPS) is 14.4. The van der Waals surface area contributed by atoms with Crippen molar-refractivity contribution in [2.75, 3.05) is 18.4 Å². The molecule has 1 fully saturated rings. The number of rotatable bonds is 5. The van der Waals surface area contributed by atoms with Crippen LogP contribution in [0.15, 0.2) is 48.7 Å². The molecule has 1 aliphatic heterocycles. The van der Waals surface area contributed by atoms with Crippen LogP contribution in [-0.4, -0.2) is 33.7 Å².